The molecule has 0 aromatic heterocycles. The maximum absolute atomic E-state index is 12.4. The largest absolute Gasteiger partial charge is 0.444 e. The zero-order chi connectivity index (χ0) is 15.8. The average Bonchev–Trinajstić information content (AvgIpc) is 2.94. The lowest BCUT2D eigenvalue weighted by Gasteiger charge is -2.36. The molecular formula is C13H23N3O5. The van der Waals surface area contributed by atoms with Crippen LogP contribution in [0, 0.1) is 5.53 Å². The third-order valence-electron chi connectivity index (χ3n) is 3.82. The van der Waals surface area contributed by atoms with Crippen LogP contribution in [0.15, 0.2) is 5.11 Å². The summed E-state index contributed by atoms with van der Waals surface area (Å²) < 4.78 is 22.0. The zero-order valence-corrected chi connectivity index (χ0v) is 13.1. The first kappa shape index (κ1) is 16.1. The van der Waals surface area contributed by atoms with Crippen molar-refractivity contribution < 1.29 is 23.7 Å². The van der Waals surface area contributed by atoms with Crippen molar-refractivity contribution in [2.24, 2.45) is 5.11 Å². The first-order valence-corrected chi connectivity index (χ1v) is 6.86. The maximum Gasteiger partial charge on any atom is 0.410 e. The Morgan fingerprint density at radius 3 is 2.48 bits per heavy atom. The highest BCUT2D eigenvalue weighted by atomic mass is 16.7. The van der Waals surface area contributed by atoms with Gasteiger partial charge in [0.15, 0.2) is 0 Å². The molecule has 0 aromatic rings. The van der Waals surface area contributed by atoms with E-state index in [1.165, 1.54) is 19.1 Å². The van der Waals surface area contributed by atoms with E-state index < -0.39 is 35.7 Å². The van der Waals surface area contributed by atoms with Crippen LogP contribution in [0.25, 0.3) is 0 Å². The fraction of sp³-hybridized carbons (Fsp3) is 0.923. The normalized spacial score (nSPS) is 31.1. The number of fused-ring (bicyclic) bond motifs is 1. The van der Waals surface area contributed by atoms with Crippen molar-refractivity contribution in [3.63, 3.8) is 0 Å². The molecule has 2 aliphatic rings. The molecule has 0 aliphatic carbocycles. The van der Waals surface area contributed by atoms with Crippen LogP contribution in [0.3, 0.4) is 0 Å². The Morgan fingerprint density at radius 1 is 1.38 bits per heavy atom. The van der Waals surface area contributed by atoms with Gasteiger partial charge in [0.2, 0.25) is 5.79 Å². The van der Waals surface area contributed by atoms with Crippen LogP contribution < -0.4 is 0 Å². The number of carbonyl (C=O) groups is 1. The van der Waals surface area contributed by atoms with Gasteiger partial charge in [-0.15, -0.1) is 0 Å². The Kier molecular flexibility index (Phi) is 4.23. The number of nitrogens with one attached hydrogen (secondary N) is 1. The van der Waals surface area contributed by atoms with Crippen molar-refractivity contribution in [1.29, 1.82) is 5.53 Å². The number of methoxy groups -OCH3 is 2. The molecule has 8 nitrogen and oxygen atoms in total. The molecule has 2 rings (SSSR count). The zero-order valence-electron chi connectivity index (χ0n) is 13.1. The van der Waals surface area contributed by atoms with E-state index in [4.69, 9.17) is 24.5 Å². The molecule has 0 saturated carbocycles. The van der Waals surface area contributed by atoms with E-state index in [1.54, 1.807) is 20.8 Å². The van der Waals surface area contributed by atoms with Crippen LogP contribution in [-0.4, -0.2) is 67.9 Å². The average molecular weight is 301 g/mol. The van der Waals surface area contributed by atoms with Gasteiger partial charge in [0, 0.05) is 14.2 Å². The summed E-state index contributed by atoms with van der Waals surface area (Å²) in [5.74, 6) is -1.05. The van der Waals surface area contributed by atoms with Gasteiger partial charge in [-0.25, -0.2) is 10.3 Å². The molecule has 0 radical (unpaired) electrons. The van der Waals surface area contributed by atoms with Gasteiger partial charge in [0.1, 0.15) is 30.4 Å². The number of ether oxygens (including phenoxy) is 4. The fourth-order valence-corrected chi connectivity index (χ4v) is 2.86. The summed E-state index contributed by atoms with van der Waals surface area (Å²) >= 11 is 0. The van der Waals surface area contributed by atoms with E-state index in [-0.39, 0.29) is 13.2 Å². The van der Waals surface area contributed by atoms with E-state index in [1.807, 2.05) is 0 Å². The lowest BCUT2D eigenvalue weighted by atomic mass is 10.0. The van der Waals surface area contributed by atoms with Crippen LogP contribution in [0.5, 0.6) is 0 Å². The number of hydrogen-bond acceptors (Lipinski definition) is 7. The van der Waals surface area contributed by atoms with Gasteiger partial charge >= 0.3 is 6.09 Å². The minimum absolute atomic E-state index is 0.181. The third-order valence-corrected chi connectivity index (χ3v) is 3.82. The first-order valence-electron chi connectivity index (χ1n) is 6.86. The smallest absolute Gasteiger partial charge is 0.410 e. The number of nitrogens with zero attached hydrogens (tertiary/aromatic N) is 2. The Hall–Kier alpha value is -1.25. The van der Waals surface area contributed by atoms with Crippen molar-refractivity contribution in [3.05, 3.63) is 0 Å². The highest BCUT2D eigenvalue weighted by molar-refractivity contribution is 5.69. The first-order chi connectivity index (χ1) is 9.78. The molecule has 1 amide bonds. The maximum atomic E-state index is 12.4. The highest BCUT2D eigenvalue weighted by Gasteiger charge is 2.62. The molecule has 120 valence electrons. The van der Waals surface area contributed by atoms with Gasteiger partial charge in [-0.2, -0.15) is 5.11 Å². The third kappa shape index (κ3) is 2.75. The van der Waals surface area contributed by atoms with Crippen LogP contribution in [0.1, 0.15) is 20.8 Å². The van der Waals surface area contributed by atoms with Gasteiger partial charge < -0.3 is 18.9 Å². The summed E-state index contributed by atoms with van der Waals surface area (Å²) in [6, 6.07) is -0.920. The predicted octanol–water partition coefficient (Wildman–Crippen LogP) is 1.39. The molecular weight excluding hydrogens is 278 g/mol. The Bertz CT molecular complexity index is 419. The standard InChI is InChI=1S/C13H23N3O5/c1-12(2,3)21-11(17)16-6-8(15-14)9-10(16)13(18-4,19-5)7-20-9/h8-10,14H,6-7H2,1-5H3/t8-,9-,10+/m1/s1. The monoisotopic (exact) mass is 301 g/mol. The van der Waals surface area contributed by atoms with Crippen LogP contribution >= 0.6 is 0 Å². The summed E-state index contributed by atoms with van der Waals surface area (Å²) in [6.45, 7) is 5.84. The lowest BCUT2D eigenvalue weighted by molar-refractivity contribution is -0.224. The second kappa shape index (κ2) is 5.51. The molecule has 2 saturated heterocycles. The summed E-state index contributed by atoms with van der Waals surface area (Å²) in [7, 11) is 3.02. The second-order valence-electron chi connectivity index (χ2n) is 6.27. The van der Waals surface area contributed by atoms with Gasteiger partial charge in [-0.1, -0.05) is 0 Å². The number of likely N-dealkylation sites (tertiary alicyclic amines) is 1. The van der Waals surface area contributed by atoms with E-state index >= 15 is 0 Å². The van der Waals surface area contributed by atoms with E-state index in [9.17, 15) is 4.79 Å². The van der Waals surface area contributed by atoms with Crippen molar-refractivity contribution >= 4 is 6.09 Å². The minimum atomic E-state index is -1.05. The Morgan fingerprint density at radius 2 is 2.00 bits per heavy atom. The van der Waals surface area contributed by atoms with Gasteiger partial charge in [-0.05, 0) is 20.8 Å². The molecule has 0 unspecified atom stereocenters. The van der Waals surface area contributed by atoms with Crippen molar-refractivity contribution in [1.82, 2.24) is 4.90 Å². The molecule has 2 fully saturated rings. The van der Waals surface area contributed by atoms with Crippen LogP contribution in [-0.2, 0) is 18.9 Å². The molecule has 8 heteroatoms. The molecule has 0 bridgehead atoms. The summed E-state index contributed by atoms with van der Waals surface area (Å²) in [6.07, 6.45) is -0.900. The Balaban J connectivity index is 2.28. The highest BCUT2D eigenvalue weighted by Crippen LogP contribution is 2.40. The summed E-state index contributed by atoms with van der Waals surface area (Å²) in [4.78, 5) is 13.9. The minimum Gasteiger partial charge on any atom is -0.444 e. The topological polar surface area (TPSA) is 93.4 Å². The SMILES string of the molecule is COC1(OC)CO[C@H]2[C@@H]1N(C(=O)OC(C)(C)C)C[C@H]2N=N. The number of carbonyl (C=O) groups excluding carboxylic acids is 1. The molecule has 2 aliphatic heterocycles. The van der Waals surface area contributed by atoms with Crippen LogP contribution in [0.4, 0.5) is 4.79 Å². The quantitative estimate of drug-likeness (QED) is 0.628. The van der Waals surface area contributed by atoms with Crippen molar-refractivity contribution in [2.75, 3.05) is 27.4 Å². The van der Waals surface area contributed by atoms with Crippen molar-refractivity contribution in [2.45, 2.75) is 50.3 Å². The fourth-order valence-electron chi connectivity index (χ4n) is 2.86. The molecule has 1 N–H and O–H groups in total. The molecule has 0 aromatic carbocycles. The van der Waals surface area contributed by atoms with E-state index in [0.717, 1.165) is 0 Å². The number of hydrogen-bond donors (Lipinski definition) is 1. The predicted molar refractivity (Wildman–Crippen MR) is 72.2 cm³/mol. The summed E-state index contributed by atoms with van der Waals surface area (Å²) in [5.41, 5.74) is 6.68. The number of amides is 1. The molecule has 3 atom stereocenters. The van der Waals surface area contributed by atoms with Gasteiger partial charge in [-0.3, -0.25) is 4.90 Å². The molecule has 2 heterocycles. The Labute approximate surface area is 124 Å². The van der Waals surface area contributed by atoms with Crippen LogP contribution in [0.2, 0.25) is 0 Å². The lowest BCUT2D eigenvalue weighted by Crippen LogP contribution is -2.55. The van der Waals surface area contributed by atoms with Gasteiger partial charge in [0.05, 0.1) is 6.54 Å². The van der Waals surface area contributed by atoms with Gasteiger partial charge in [0.25, 0.3) is 0 Å². The van der Waals surface area contributed by atoms with Crippen molar-refractivity contribution in [3.8, 4) is 0 Å². The molecule has 21 heavy (non-hydrogen) atoms. The number of rotatable bonds is 3. The summed E-state index contributed by atoms with van der Waals surface area (Å²) in [5, 5.41) is 3.56. The second-order valence-corrected chi connectivity index (χ2v) is 6.27. The van der Waals surface area contributed by atoms with E-state index in [0.29, 0.717) is 0 Å². The van der Waals surface area contributed by atoms with E-state index in [2.05, 4.69) is 5.11 Å². The molecule has 0 spiro atoms.